The maximum Gasteiger partial charge on any atom is 0.266 e. The Morgan fingerprint density at radius 3 is 2.80 bits per heavy atom. The first kappa shape index (κ1) is 19.8. The van der Waals surface area contributed by atoms with E-state index in [0.29, 0.717) is 4.70 Å². The van der Waals surface area contributed by atoms with Crippen molar-refractivity contribution in [3.63, 3.8) is 0 Å². The molecule has 25 heavy (non-hydrogen) atoms. The fourth-order valence-corrected chi connectivity index (χ4v) is 3.91. The Morgan fingerprint density at radius 2 is 2.08 bits per heavy atom. The Balaban J connectivity index is 0.00000113. The van der Waals surface area contributed by atoms with Crippen LogP contribution in [0, 0.1) is 0 Å². The summed E-state index contributed by atoms with van der Waals surface area (Å²) < 4.78 is 0.687. The first-order valence-corrected chi connectivity index (χ1v) is 8.41. The van der Waals surface area contributed by atoms with Crippen LogP contribution in [-0.4, -0.2) is 40.7 Å². The van der Waals surface area contributed by atoms with Gasteiger partial charge in [-0.25, -0.2) is 0 Å². The molecule has 0 amide bonds. The van der Waals surface area contributed by atoms with E-state index in [2.05, 4.69) is 9.88 Å². The molecule has 0 unspecified atom stereocenters. The van der Waals surface area contributed by atoms with E-state index in [1.165, 1.54) is 11.3 Å². The molecule has 3 heterocycles. The Labute approximate surface area is 161 Å². The number of H-pyrrole nitrogens is 1. The number of nitrogens with two attached hydrogens (primary N) is 1. The molecule has 0 spiro atoms. The number of rotatable bonds is 3. The highest BCUT2D eigenvalue weighted by Crippen LogP contribution is 2.33. The van der Waals surface area contributed by atoms with Crippen LogP contribution in [0.15, 0.2) is 34.4 Å². The molecule has 1 saturated heterocycles. The third-order valence-corrected chi connectivity index (χ3v) is 5.16. The molecule has 4 N–H and O–H groups in total. The van der Waals surface area contributed by atoms with Gasteiger partial charge >= 0.3 is 0 Å². The van der Waals surface area contributed by atoms with Gasteiger partial charge < -0.3 is 15.8 Å². The van der Waals surface area contributed by atoms with Crippen LogP contribution < -0.4 is 11.3 Å². The summed E-state index contributed by atoms with van der Waals surface area (Å²) in [5.74, 6) is 0.216. The molecule has 3 aromatic rings. The molecule has 1 aliphatic heterocycles. The number of halogens is 2. The highest BCUT2D eigenvalue weighted by atomic mass is 35.5. The quantitative estimate of drug-likeness (QED) is 0.632. The summed E-state index contributed by atoms with van der Waals surface area (Å²) in [6.45, 7) is 2.63. The van der Waals surface area contributed by atoms with Gasteiger partial charge in [0.25, 0.3) is 5.56 Å². The molecule has 1 aromatic carbocycles. The van der Waals surface area contributed by atoms with Gasteiger partial charge in [-0.1, -0.05) is 12.2 Å². The minimum absolute atomic E-state index is 0. The average Bonchev–Trinajstić information content (AvgIpc) is 2.98. The van der Waals surface area contributed by atoms with Crippen molar-refractivity contribution in [2.45, 2.75) is 6.04 Å². The zero-order valence-electron chi connectivity index (χ0n) is 13.3. The van der Waals surface area contributed by atoms with Gasteiger partial charge in [-0.15, -0.1) is 36.2 Å². The normalized spacial score (nSPS) is 15.2. The van der Waals surface area contributed by atoms with Crippen LogP contribution in [0.2, 0.25) is 0 Å². The lowest BCUT2D eigenvalue weighted by Gasteiger charge is -2.35. The summed E-state index contributed by atoms with van der Waals surface area (Å²) in [4.78, 5) is 17.2. The Hall–Kier alpha value is -1.57. The van der Waals surface area contributed by atoms with E-state index in [0.717, 1.165) is 41.5 Å². The predicted octanol–water partition coefficient (Wildman–Crippen LogP) is 2.95. The summed E-state index contributed by atoms with van der Waals surface area (Å²) >= 11 is 1.41. The number of fused-ring (bicyclic) bond motifs is 3. The first-order valence-electron chi connectivity index (χ1n) is 7.53. The molecule has 4 rings (SSSR count). The van der Waals surface area contributed by atoms with E-state index < -0.39 is 0 Å². The molecule has 2 aromatic heterocycles. The van der Waals surface area contributed by atoms with E-state index in [1.807, 2.05) is 23.6 Å². The van der Waals surface area contributed by atoms with E-state index in [1.54, 1.807) is 12.1 Å². The van der Waals surface area contributed by atoms with Gasteiger partial charge in [0, 0.05) is 47.5 Å². The van der Waals surface area contributed by atoms with Crippen LogP contribution in [0.3, 0.4) is 0 Å². The van der Waals surface area contributed by atoms with Gasteiger partial charge in [-0.2, -0.15) is 0 Å². The summed E-state index contributed by atoms with van der Waals surface area (Å²) in [6.07, 6.45) is 3.96. The van der Waals surface area contributed by atoms with Gasteiger partial charge in [-0.05, 0) is 23.6 Å². The molecule has 0 saturated carbocycles. The Morgan fingerprint density at radius 1 is 1.32 bits per heavy atom. The number of phenols is 1. The van der Waals surface area contributed by atoms with Crippen LogP contribution in [0.25, 0.3) is 27.1 Å². The predicted molar refractivity (Wildman–Crippen MR) is 110 cm³/mol. The summed E-state index contributed by atoms with van der Waals surface area (Å²) in [5.41, 5.74) is 7.17. The van der Waals surface area contributed by atoms with E-state index in [9.17, 15) is 9.90 Å². The SMILES string of the molecule is Cl.Cl.NC1CN(C/C=C/c2c(O)ccc3[nH]c(=O)c4sccc4c23)C1. The molecule has 0 bridgehead atoms. The fourth-order valence-electron chi connectivity index (χ4n) is 3.11. The Kier molecular flexibility index (Phi) is 6.13. The molecule has 5 nitrogen and oxygen atoms in total. The van der Waals surface area contributed by atoms with Gasteiger partial charge in [0.1, 0.15) is 10.4 Å². The number of hydrogen-bond acceptors (Lipinski definition) is 5. The number of aromatic hydroxyl groups is 1. The average molecular weight is 400 g/mol. The molecule has 0 aliphatic carbocycles. The maximum absolute atomic E-state index is 12.1. The third-order valence-electron chi connectivity index (χ3n) is 4.25. The second kappa shape index (κ2) is 7.76. The number of likely N-dealkylation sites (tertiary alicyclic amines) is 1. The van der Waals surface area contributed by atoms with Crippen LogP contribution in [0.5, 0.6) is 5.75 Å². The van der Waals surface area contributed by atoms with Gasteiger partial charge in [0.2, 0.25) is 0 Å². The summed E-state index contributed by atoms with van der Waals surface area (Å²) in [6, 6.07) is 5.58. The first-order chi connectivity index (χ1) is 11.1. The number of thiophene rings is 1. The van der Waals surface area contributed by atoms with Crippen molar-refractivity contribution in [3.05, 3.63) is 45.6 Å². The van der Waals surface area contributed by atoms with Crippen molar-refractivity contribution in [1.29, 1.82) is 0 Å². The standard InChI is InChI=1S/C17H17N3O2S.2ClH/c18-10-8-20(9-10)6-1-2-11-14(21)4-3-13-15(11)12-5-7-23-16(12)17(22)19-13;;/h1-5,7,10,21H,6,8-9,18H2,(H,19,22);2*1H/b2-1+;;. The number of hydrogen-bond donors (Lipinski definition) is 3. The molecule has 0 radical (unpaired) electrons. The van der Waals surface area contributed by atoms with Crippen LogP contribution in [0.4, 0.5) is 0 Å². The summed E-state index contributed by atoms with van der Waals surface area (Å²) in [5, 5.41) is 14.0. The lowest BCUT2D eigenvalue weighted by Crippen LogP contribution is -2.55. The van der Waals surface area contributed by atoms with Crippen LogP contribution >= 0.6 is 36.2 Å². The second-order valence-electron chi connectivity index (χ2n) is 5.92. The monoisotopic (exact) mass is 399 g/mol. The highest BCUT2D eigenvalue weighted by molar-refractivity contribution is 7.17. The minimum Gasteiger partial charge on any atom is -0.507 e. The zero-order chi connectivity index (χ0) is 16.0. The molecule has 0 atom stereocenters. The largest absolute Gasteiger partial charge is 0.507 e. The number of phenolic OH excluding ortho intramolecular Hbond substituents is 1. The molecule has 8 heteroatoms. The van der Waals surface area contributed by atoms with Gasteiger partial charge in [0.05, 0.1) is 0 Å². The van der Waals surface area contributed by atoms with E-state index >= 15 is 0 Å². The number of aromatic amines is 1. The smallest absolute Gasteiger partial charge is 0.266 e. The highest BCUT2D eigenvalue weighted by Gasteiger charge is 2.21. The molecular weight excluding hydrogens is 381 g/mol. The molecular formula is C17H19Cl2N3O2S. The summed E-state index contributed by atoms with van der Waals surface area (Å²) in [7, 11) is 0. The van der Waals surface area contributed by atoms with Crippen molar-refractivity contribution in [1.82, 2.24) is 9.88 Å². The molecule has 134 valence electrons. The molecule has 1 fully saturated rings. The van der Waals surface area contributed by atoms with Gasteiger partial charge in [0.15, 0.2) is 0 Å². The lowest BCUT2D eigenvalue weighted by atomic mass is 10.0. The number of benzene rings is 1. The van der Waals surface area contributed by atoms with Crippen molar-refractivity contribution in [3.8, 4) is 5.75 Å². The Bertz CT molecular complexity index is 977. The van der Waals surface area contributed by atoms with Crippen LogP contribution in [-0.2, 0) is 0 Å². The van der Waals surface area contributed by atoms with Crippen molar-refractivity contribution in [2.75, 3.05) is 19.6 Å². The second-order valence-corrected chi connectivity index (χ2v) is 6.84. The van der Waals surface area contributed by atoms with E-state index in [4.69, 9.17) is 5.73 Å². The van der Waals surface area contributed by atoms with Crippen LogP contribution in [0.1, 0.15) is 5.56 Å². The molecule has 1 aliphatic rings. The number of aromatic nitrogens is 1. The lowest BCUT2D eigenvalue weighted by molar-refractivity contribution is 0.170. The van der Waals surface area contributed by atoms with Crippen molar-refractivity contribution in [2.24, 2.45) is 5.73 Å². The minimum atomic E-state index is -0.0855. The fraction of sp³-hybridized carbons (Fsp3) is 0.235. The number of nitrogens with zero attached hydrogens (tertiary/aromatic N) is 1. The van der Waals surface area contributed by atoms with Gasteiger partial charge in [-0.3, -0.25) is 9.69 Å². The van der Waals surface area contributed by atoms with Crippen molar-refractivity contribution >= 4 is 63.2 Å². The third kappa shape index (κ3) is 3.54. The topological polar surface area (TPSA) is 82.3 Å². The number of nitrogens with one attached hydrogen (secondary N) is 1. The maximum atomic E-state index is 12.1. The van der Waals surface area contributed by atoms with E-state index in [-0.39, 0.29) is 42.2 Å². The number of pyridine rings is 1. The zero-order valence-corrected chi connectivity index (χ0v) is 15.7. The van der Waals surface area contributed by atoms with Crippen molar-refractivity contribution < 1.29 is 5.11 Å².